The summed E-state index contributed by atoms with van der Waals surface area (Å²) in [5, 5.41) is 0. The number of likely N-dealkylation sites (tertiary alicyclic amines) is 1. The third-order valence-corrected chi connectivity index (χ3v) is 2.42. The number of hydrogen-bond donors (Lipinski definition) is 0. The Kier molecular flexibility index (Phi) is 2.99. The van der Waals surface area contributed by atoms with Gasteiger partial charge < -0.3 is 0 Å². The Hall–Kier alpha value is -0.250. The van der Waals surface area contributed by atoms with Crippen molar-refractivity contribution in [3.05, 3.63) is 0 Å². The van der Waals surface area contributed by atoms with E-state index in [9.17, 15) is 13.2 Å². The molecule has 1 heterocycles. The van der Waals surface area contributed by atoms with Gasteiger partial charge in [-0.25, -0.2) is 4.90 Å². The molecule has 4 heteroatoms. The summed E-state index contributed by atoms with van der Waals surface area (Å²) >= 11 is 0. The lowest BCUT2D eigenvalue weighted by atomic mass is 10.0. The largest absolute Gasteiger partial charge is 0.460 e. The van der Waals surface area contributed by atoms with Crippen molar-refractivity contribution in [2.75, 3.05) is 6.54 Å². The predicted molar refractivity (Wildman–Crippen MR) is 40.7 cm³/mol. The van der Waals surface area contributed by atoms with Crippen molar-refractivity contribution < 1.29 is 13.2 Å². The van der Waals surface area contributed by atoms with E-state index in [-0.39, 0.29) is 12.6 Å². The third-order valence-electron chi connectivity index (χ3n) is 2.42. The molecule has 0 aromatic rings. The van der Waals surface area contributed by atoms with Gasteiger partial charge in [0.05, 0.1) is 0 Å². The van der Waals surface area contributed by atoms with Gasteiger partial charge in [-0.1, -0.05) is 13.3 Å². The van der Waals surface area contributed by atoms with Gasteiger partial charge in [0, 0.05) is 12.6 Å². The number of rotatable bonds is 1. The molecule has 1 atom stereocenters. The van der Waals surface area contributed by atoms with E-state index in [2.05, 4.69) is 0 Å². The molecule has 0 aliphatic carbocycles. The summed E-state index contributed by atoms with van der Waals surface area (Å²) in [5.74, 6) is 0. The number of hydrogen-bond acceptors (Lipinski definition) is 1. The van der Waals surface area contributed by atoms with Gasteiger partial charge >= 0.3 is 6.30 Å². The molecule has 0 bridgehead atoms. The molecule has 72 valence electrons. The lowest BCUT2D eigenvalue weighted by molar-refractivity contribution is -0.264. The first-order valence-corrected chi connectivity index (χ1v) is 4.39. The lowest BCUT2D eigenvalue weighted by Crippen LogP contribution is -2.48. The smallest absolute Gasteiger partial charge is 0.211 e. The third kappa shape index (κ3) is 2.12. The first kappa shape index (κ1) is 9.84. The Balaban J connectivity index is 2.59. The van der Waals surface area contributed by atoms with E-state index >= 15 is 0 Å². The summed E-state index contributed by atoms with van der Waals surface area (Å²) in [6.45, 7) is 2.00. The minimum absolute atomic E-state index is 0.183. The fourth-order valence-corrected chi connectivity index (χ4v) is 1.76. The van der Waals surface area contributed by atoms with Crippen LogP contribution in [0.5, 0.6) is 0 Å². The predicted octanol–water partition coefficient (Wildman–Crippen LogP) is 2.77. The van der Waals surface area contributed by atoms with Crippen LogP contribution in [-0.4, -0.2) is 23.8 Å². The summed E-state index contributed by atoms with van der Waals surface area (Å²) in [6.07, 6.45) is -1.22. The Labute approximate surface area is 70.5 Å². The maximum Gasteiger partial charge on any atom is 0.460 e. The maximum atomic E-state index is 12.3. The van der Waals surface area contributed by atoms with E-state index in [1.54, 1.807) is 0 Å². The van der Waals surface area contributed by atoms with E-state index in [0.717, 1.165) is 6.42 Å². The zero-order valence-electron chi connectivity index (χ0n) is 7.19. The highest BCUT2D eigenvalue weighted by Crippen LogP contribution is 2.30. The Morgan fingerprint density at radius 3 is 2.42 bits per heavy atom. The molecule has 1 fully saturated rings. The minimum Gasteiger partial charge on any atom is -0.211 e. The van der Waals surface area contributed by atoms with Gasteiger partial charge in [0.2, 0.25) is 0 Å². The van der Waals surface area contributed by atoms with Crippen LogP contribution in [0, 0.1) is 0 Å². The molecule has 1 unspecified atom stereocenters. The number of piperidine rings is 1. The second-order valence-corrected chi connectivity index (χ2v) is 3.22. The standard InChI is InChI=1S/C8H14F3N/c1-2-7-5-3-4-6-12(7)8(9,10)11/h7H,2-6H2,1H3. The van der Waals surface area contributed by atoms with Gasteiger partial charge in [0.25, 0.3) is 0 Å². The molecule has 1 saturated heterocycles. The second kappa shape index (κ2) is 3.64. The SMILES string of the molecule is CCC1CCCCN1C(F)(F)F. The highest BCUT2D eigenvalue weighted by Gasteiger charge is 2.41. The number of nitrogens with zero attached hydrogens (tertiary/aromatic N) is 1. The number of halogens is 3. The molecular formula is C8H14F3N. The quantitative estimate of drug-likeness (QED) is 0.562. The Bertz CT molecular complexity index is 144. The molecule has 1 nitrogen and oxygen atoms in total. The first-order chi connectivity index (χ1) is 5.55. The fraction of sp³-hybridized carbons (Fsp3) is 1.00. The van der Waals surface area contributed by atoms with Crippen molar-refractivity contribution in [1.82, 2.24) is 4.90 Å². The van der Waals surface area contributed by atoms with Crippen LogP contribution in [-0.2, 0) is 0 Å². The van der Waals surface area contributed by atoms with E-state index in [0.29, 0.717) is 24.2 Å². The molecule has 12 heavy (non-hydrogen) atoms. The van der Waals surface area contributed by atoms with Crippen LogP contribution < -0.4 is 0 Å². The zero-order valence-corrected chi connectivity index (χ0v) is 7.19. The second-order valence-electron chi connectivity index (χ2n) is 3.22. The van der Waals surface area contributed by atoms with Gasteiger partial charge in [-0.2, -0.15) is 13.2 Å². The molecular weight excluding hydrogens is 167 g/mol. The Morgan fingerprint density at radius 2 is 2.00 bits per heavy atom. The number of alkyl halides is 3. The van der Waals surface area contributed by atoms with Crippen molar-refractivity contribution >= 4 is 0 Å². The maximum absolute atomic E-state index is 12.3. The van der Waals surface area contributed by atoms with Gasteiger partial charge in [-0.15, -0.1) is 0 Å². The molecule has 0 aromatic carbocycles. The first-order valence-electron chi connectivity index (χ1n) is 4.39. The van der Waals surface area contributed by atoms with Crippen LogP contribution in [0.4, 0.5) is 13.2 Å². The summed E-state index contributed by atoms with van der Waals surface area (Å²) in [4.78, 5) is 0.677. The molecule has 0 spiro atoms. The minimum atomic E-state index is -4.12. The van der Waals surface area contributed by atoms with E-state index in [4.69, 9.17) is 0 Å². The fourth-order valence-electron chi connectivity index (χ4n) is 1.76. The summed E-state index contributed by atoms with van der Waals surface area (Å²) in [5.41, 5.74) is 0. The van der Waals surface area contributed by atoms with Gasteiger partial charge in [-0.3, -0.25) is 0 Å². The molecule has 1 rings (SSSR count). The van der Waals surface area contributed by atoms with E-state index in [1.807, 2.05) is 6.92 Å². The van der Waals surface area contributed by atoms with Crippen LogP contribution >= 0.6 is 0 Å². The lowest BCUT2D eigenvalue weighted by Gasteiger charge is -2.36. The molecule has 0 saturated carbocycles. The van der Waals surface area contributed by atoms with Crippen LogP contribution in [0.15, 0.2) is 0 Å². The molecule has 0 N–H and O–H groups in total. The van der Waals surface area contributed by atoms with Crippen molar-refractivity contribution in [3.63, 3.8) is 0 Å². The van der Waals surface area contributed by atoms with Gasteiger partial charge in [0.1, 0.15) is 0 Å². The van der Waals surface area contributed by atoms with Crippen molar-refractivity contribution in [1.29, 1.82) is 0 Å². The highest BCUT2D eigenvalue weighted by molar-refractivity contribution is 4.77. The zero-order chi connectivity index (χ0) is 9.19. The van der Waals surface area contributed by atoms with Crippen molar-refractivity contribution in [3.8, 4) is 0 Å². The van der Waals surface area contributed by atoms with Gasteiger partial charge in [0.15, 0.2) is 0 Å². The average molecular weight is 181 g/mol. The van der Waals surface area contributed by atoms with Crippen LogP contribution in [0.1, 0.15) is 32.6 Å². The van der Waals surface area contributed by atoms with Crippen LogP contribution in [0.2, 0.25) is 0 Å². The van der Waals surface area contributed by atoms with Crippen molar-refractivity contribution in [2.24, 2.45) is 0 Å². The summed E-state index contributed by atoms with van der Waals surface area (Å²) in [6, 6.07) is -0.279. The van der Waals surface area contributed by atoms with Gasteiger partial charge in [-0.05, 0) is 19.3 Å². The average Bonchev–Trinajstić information content (AvgIpc) is 2.03. The van der Waals surface area contributed by atoms with E-state index in [1.165, 1.54) is 0 Å². The molecule has 0 amide bonds. The van der Waals surface area contributed by atoms with E-state index < -0.39 is 6.30 Å². The molecule has 1 aliphatic rings. The van der Waals surface area contributed by atoms with Crippen molar-refractivity contribution in [2.45, 2.75) is 44.9 Å². The van der Waals surface area contributed by atoms with Crippen LogP contribution in [0.25, 0.3) is 0 Å². The topological polar surface area (TPSA) is 3.24 Å². The molecule has 0 radical (unpaired) electrons. The highest BCUT2D eigenvalue weighted by atomic mass is 19.4. The molecule has 1 aliphatic heterocycles. The summed E-state index contributed by atoms with van der Waals surface area (Å²) in [7, 11) is 0. The Morgan fingerprint density at radius 1 is 1.33 bits per heavy atom. The monoisotopic (exact) mass is 181 g/mol. The van der Waals surface area contributed by atoms with Crippen LogP contribution in [0.3, 0.4) is 0 Å². The summed E-state index contributed by atoms with van der Waals surface area (Å²) < 4.78 is 36.9. The normalized spacial score (nSPS) is 27.5. The molecule has 0 aromatic heterocycles.